The van der Waals surface area contributed by atoms with Crippen LogP contribution in [0.2, 0.25) is 0 Å². The highest BCUT2D eigenvalue weighted by Crippen LogP contribution is 2.21. The van der Waals surface area contributed by atoms with Crippen LogP contribution < -0.4 is 4.90 Å². The van der Waals surface area contributed by atoms with Crippen molar-refractivity contribution in [1.29, 1.82) is 0 Å². The zero-order valence-corrected chi connectivity index (χ0v) is 11.1. The molecule has 0 saturated carbocycles. The topological polar surface area (TPSA) is 66.3 Å². The van der Waals surface area contributed by atoms with Gasteiger partial charge in [-0.25, -0.2) is 0 Å². The van der Waals surface area contributed by atoms with Gasteiger partial charge in [-0.15, -0.1) is 0 Å². The maximum absolute atomic E-state index is 12.4. The number of phenols is 1. The molecular weight excluding hydrogens is 242 g/mol. The van der Waals surface area contributed by atoms with Crippen LogP contribution in [0, 0.1) is 13.8 Å². The van der Waals surface area contributed by atoms with E-state index in [-0.39, 0.29) is 11.7 Å². The number of hydrogen-bond donors (Lipinski definition) is 1. The maximum Gasteiger partial charge on any atom is 0.259 e. The number of hydrogen-bond acceptors (Lipinski definition) is 4. The summed E-state index contributed by atoms with van der Waals surface area (Å²) in [5.74, 6) is -0.0565. The van der Waals surface area contributed by atoms with Gasteiger partial charge in [-0.3, -0.25) is 4.79 Å². The lowest BCUT2D eigenvalue weighted by atomic mass is 10.1. The fraction of sp³-hybridized carbons (Fsp3) is 0.214. The van der Waals surface area contributed by atoms with Crippen molar-refractivity contribution in [2.45, 2.75) is 13.8 Å². The Kier molecular flexibility index (Phi) is 3.46. The van der Waals surface area contributed by atoms with Crippen molar-refractivity contribution in [2.24, 2.45) is 0 Å². The highest BCUT2D eigenvalue weighted by atomic mass is 16.3. The van der Waals surface area contributed by atoms with Gasteiger partial charge in [-0.05, 0) is 32.0 Å². The number of nitrogens with zero attached hydrogens (tertiary/aromatic N) is 3. The van der Waals surface area contributed by atoms with Gasteiger partial charge in [-0.1, -0.05) is 6.07 Å². The Labute approximate surface area is 111 Å². The van der Waals surface area contributed by atoms with Crippen LogP contribution >= 0.6 is 0 Å². The zero-order valence-electron chi connectivity index (χ0n) is 11.1. The molecule has 0 bridgehead atoms. The summed E-state index contributed by atoms with van der Waals surface area (Å²) < 4.78 is 0. The summed E-state index contributed by atoms with van der Waals surface area (Å²) in [6.07, 6.45) is 0. The summed E-state index contributed by atoms with van der Waals surface area (Å²) in [4.78, 5) is 13.9. The van der Waals surface area contributed by atoms with Gasteiger partial charge in [0.15, 0.2) is 0 Å². The van der Waals surface area contributed by atoms with Crippen molar-refractivity contribution in [2.75, 3.05) is 11.9 Å². The fourth-order valence-electron chi connectivity index (χ4n) is 1.77. The van der Waals surface area contributed by atoms with E-state index in [1.807, 2.05) is 0 Å². The zero-order chi connectivity index (χ0) is 14.0. The molecule has 1 amide bonds. The molecule has 5 nitrogen and oxygen atoms in total. The first-order valence-electron chi connectivity index (χ1n) is 5.87. The molecule has 5 heteroatoms. The smallest absolute Gasteiger partial charge is 0.259 e. The number of aromatic hydroxyl groups is 1. The van der Waals surface area contributed by atoms with Crippen molar-refractivity contribution < 1.29 is 9.90 Å². The third-order valence-electron chi connectivity index (χ3n) is 2.85. The Hall–Kier alpha value is -2.43. The number of phenolic OH excluding ortho intramolecular Hbond substituents is 1. The van der Waals surface area contributed by atoms with Crippen LogP contribution in [-0.2, 0) is 0 Å². The lowest BCUT2D eigenvalue weighted by molar-refractivity contribution is 0.0991. The monoisotopic (exact) mass is 257 g/mol. The molecule has 98 valence electrons. The van der Waals surface area contributed by atoms with Crippen molar-refractivity contribution >= 4 is 11.6 Å². The standard InChI is InChI=1S/C14H15N3O2/c1-9-7-13(10(2)16-15-9)14(19)17(3)11-5-4-6-12(18)8-11/h4-8,18H,1-3H3. The van der Waals surface area contributed by atoms with E-state index in [0.29, 0.717) is 22.6 Å². The average molecular weight is 257 g/mol. The lowest BCUT2D eigenvalue weighted by Gasteiger charge is -2.18. The minimum atomic E-state index is -0.180. The molecule has 0 atom stereocenters. The van der Waals surface area contributed by atoms with Crippen LogP contribution in [0.15, 0.2) is 30.3 Å². The summed E-state index contributed by atoms with van der Waals surface area (Å²) in [6.45, 7) is 3.54. The van der Waals surface area contributed by atoms with Crippen molar-refractivity contribution in [1.82, 2.24) is 10.2 Å². The third-order valence-corrected chi connectivity index (χ3v) is 2.85. The number of carbonyl (C=O) groups excluding carboxylic acids is 1. The first kappa shape index (κ1) is 13.0. The van der Waals surface area contributed by atoms with Crippen LogP contribution in [0.25, 0.3) is 0 Å². The number of benzene rings is 1. The molecule has 0 aliphatic heterocycles. The molecule has 0 unspecified atom stereocenters. The highest BCUT2D eigenvalue weighted by molar-refractivity contribution is 6.06. The largest absolute Gasteiger partial charge is 0.508 e. The van der Waals surface area contributed by atoms with E-state index in [2.05, 4.69) is 10.2 Å². The number of amides is 1. The molecule has 1 heterocycles. The van der Waals surface area contributed by atoms with E-state index in [1.54, 1.807) is 45.2 Å². The van der Waals surface area contributed by atoms with Gasteiger partial charge in [0.05, 0.1) is 17.0 Å². The molecule has 0 aliphatic rings. The Bertz CT molecular complexity index is 626. The van der Waals surface area contributed by atoms with E-state index in [0.717, 1.165) is 0 Å². The number of rotatable bonds is 2. The SMILES string of the molecule is Cc1cc(C(=O)N(C)c2cccc(O)c2)c(C)nn1. The van der Waals surface area contributed by atoms with Gasteiger partial charge in [0, 0.05) is 18.8 Å². The molecule has 19 heavy (non-hydrogen) atoms. The summed E-state index contributed by atoms with van der Waals surface area (Å²) in [5, 5.41) is 17.3. The minimum Gasteiger partial charge on any atom is -0.508 e. The molecule has 1 aromatic carbocycles. The second-order valence-electron chi connectivity index (χ2n) is 4.37. The Morgan fingerprint density at radius 1 is 1.21 bits per heavy atom. The van der Waals surface area contributed by atoms with E-state index in [1.165, 1.54) is 11.0 Å². The molecule has 0 aliphatic carbocycles. The first-order valence-corrected chi connectivity index (χ1v) is 5.87. The first-order chi connectivity index (χ1) is 8.99. The van der Waals surface area contributed by atoms with Crippen LogP contribution in [0.3, 0.4) is 0 Å². The molecule has 1 N–H and O–H groups in total. The molecule has 0 radical (unpaired) electrons. The average Bonchev–Trinajstić information content (AvgIpc) is 2.40. The minimum absolute atomic E-state index is 0.123. The summed E-state index contributed by atoms with van der Waals surface area (Å²) in [5.41, 5.74) is 2.41. The maximum atomic E-state index is 12.4. The lowest BCUT2D eigenvalue weighted by Crippen LogP contribution is -2.27. The molecule has 0 saturated heterocycles. The van der Waals surface area contributed by atoms with Crippen molar-refractivity contribution in [3.63, 3.8) is 0 Å². The Morgan fingerprint density at radius 2 is 1.95 bits per heavy atom. The molecule has 1 aromatic heterocycles. The number of aryl methyl sites for hydroxylation is 2. The Morgan fingerprint density at radius 3 is 2.63 bits per heavy atom. The van der Waals surface area contributed by atoms with E-state index >= 15 is 0 Å². The van der Waals surface area contributed by atoms with Crippen LogP contribution in [0.5, 0.6) is 5.75 Å². The number of carbonyl (C=O) groups is 1. The quantitative estimate of drug-likeness (QED) is 0.894. The molecule has 0 fully saturated rings. The predicted octanol–water partition coefficient (Wildman–Crippen LogP) is 2.08. The normalized spacial score (nSPS) is 10.3. The molecular formula is C14H15N3O2. The van der Waals surface area contributed by atoms with Crippen LogP contribution in [0.1, 0.15) is 21.7 Å². The van der Waals surface area contributed by atoms with Gasteiger partial charge in [0.1, 0.15) is 5.75 Å². The Balaban J connectivity index is 2.36. The van der Waals surface area contributed by atoms with Crippen LogP contribution in [0.4, 0.5) is 5.69 Å². The summed E-state index contributed by atoms with van der Waals surface area (Å²) >= 11 is 0. The van der Waals surface area contributed by atoms with Gasteiger partial charge < -0.3 is 10.0 Å². The molecule has 2 aromatic rings. The van der Waals surface area contributed by atoms with E-state index in [4.69, 9.17) is 0 Å². The molecule has 0 spiro atoms. The van der Waals surface area contributed by atoms with E-state index in [9.17, 15) is 9.90 Å². The number of anilines is 1. The van der Waals surface area contributed by atoms with E-state index < -0.39 is 0 Å². The summed E-state index contributed by atoms with van der Waals surface area (Å²) in [6, 6.07) is 8.26. The molecule has 2 rings (SSSR count). The van der Waals surface area contributed by atoms with Crippen molar-refractivity contribution in [3.8, 4) is 5.75 Å². The van der Waals surface area contributed by atoms with Gasteiger partial charge >= 0.3 is 0 Å². The second-order valence-corrected chi connectivity index (χ2v) is 4.37. The van der Waals surface area contributed by atoms with Crippen LogP contribution in [-0.4, -0.2) is 28.3 Å². The third kappa shape index (κ3) is 2.70. The second kappa shape index (κ2) is 5.06. The highest BCUT2D eigenvalue weighted by Gasteiger charge is 2.17. The van der Waals surface area contributed by atoms with Gasteiger partial charge in [0.25, 0.3) is 5.91 Å². The van der Waals surface area contributed by atoms with Crippen molar-refractivity contribution in [3.05, 3.63) is 47.3 Å². The van der Waals surface area contributed by atoms with Gasteiger partial charge in [0.2, 0.25) is 0 Å². The van der Waals surface area contributed by atoms with Gasteiger partial charge in [-0.2, -0.15) is 10.2 Å². The predicted molar refractivity (Wildman–Crippen MR) is 72.3 cm³/mol. The number of aromatic nitrogens is 2. The fourth-order valence-corrected chi connectivity index (χ4v) is 1.77. The summed E-state index contributed by atoms with van der Waals surface area (Å²) in [7, 11) is 1.66.